The molecule has 18 heavy (non-hydrogen) atoms. The Bertz CT molecular complexity index is 520. The van der Waals surface area contributed by atoms with Crippen molar-refractivity contribution in [1.29, 1.82) is 0 Å². The van der Waals surface area contributed by atoms with Gasteiger partial charge in [-0.05, 0) is 25.0 Å². The topological polar surface area (TPSA) is 57.8 Å². The Morgan fingerprint density at radius 1 is 1.44 bits per heavy atom. The van der Waals surface area contributed by atoms with E-state index in [2.05, 4.69) is 15.3 Å². The molecule has 2 aromatic rings. The minimum Gasteiger partial charge on any atom is -0.347 e. The fraction of sp³-hybridized carbons (Fsp3) is 0.286. The number of nitrogens with one attached hydrogen (secondary N) is 2. The third-order valence-corrected chi connectivity index (χ3v) is 2.92. The van der Waals surface area contributed by atoms with Gasteiger partial charge in [0.25, 0.3) is 0 Å². The van der Waals surface area contributed by atoms with E-state index < -0.39 is 0 Å². The van der Waals surface area contributed by atoms with Crippen LogP contribution in [0.4, 0.5) is 0 Å². The molecule has 0 spiro atoms. The van der Waals surface area contributed by atoms with Crippen molar-refractivity contribution < 1.29 is 4.79 Å². The number of hydrogen-bond donors (Lipinski definition) is 2. The molecule has 1 amide bonds. The summed E-state index contributed by atoms with van der Waals surface area (Å²) in [6, 6.07) is 7.82. The lowest BCUT2D eigenvalue weighted by Crippen LogP contribution is -2.28. The highest BCUT2D eigenvalue weighted by Crippen LogP contribution is 2.09. The summed E-state index contributed by atoms with van der Waals surface area (Å²) < 4.78 is 0. The second-order valence-electron chi connectivity index (χ2n) is 4.37. The molecule has 0 fully saturated rings. The van der Waals surface area contributed by atoms with Crippen molar-refractivity contribution in [2.24, 2.45) is 0 Å². The molecule has 1 aromatic carbocycles. The van der Waals surface area contributed by atoms with E-state index >= 15 is 0 Å². The highest BCUT2D eigenvalue weighted by Gasteiger charge is 2.12. The minimum atomic E-state index is -0.100. The number of imidazole rings is 1. The van der Waals surface area contributed by atoms with Crippen LogP contribution in [0.3, 0.4) is 0 Å². The van der Waals surface area contributed by atoms with Crippen LogP contribution in [0.25, 0.3) is 0 Å². The molecule has 2 rings (SSSR count). The number of rotatable bonds is 4. The fourth-order valence-electron chi connectivity index (χ4n) is 1.86. The molecular weight excluding hydrogens is 226 g/mol. The summed E-state index contributed by atoms with van der Waals surface area (Å²) >= 11 is 0. The molecule has 1 unspecified atom stereocenters. The smallest absolute Gasteiger partial charge is 0.225 e. The lowest BCUT2D eigenvalue weighted by atomic mass is 10.1. The van der Waals surface area contributed by atoms with Gasteiger partial charge in [-0.1, -0.05) is 24.3 Å². The Morgan fingerprint density at radius 3 is 2.89 bits per heavy atom. The fourth-order valence-corrected chi connectivity index (χ4v) is 1.86. The Morgan fingerprint density at radius 2 is 2.22 bits per heavy atom. The predicted molar refractivity (Wildman–Crippen MR) is 70.0 cm³/mol. The molecule has 0 saturated carbocycles. The first-order chi connectivity index (χ1) is 8.66. The van der Waals surface area contributed by atoms with Gasteiger partial charge in [0.1, 0.15) is 5.82 Å². The Hall–Kier alpha value is -2.10. The van der Waals surface area contributed by atoms with Crippen molar-refractivity contribution >= 4 is 5.91 Å². The van der Waals surface area contributed by atoms with Crippen LogP contribution < -0.4 is 5.32 Å². The maximum Gasteiger partial charge on any atom is 0.225 e. The molecule has 2 N–H and O–H groups in total. The summed E-state index contributed by atoms with van der Waals surface area (Å²) in [5.41, 5.74) is 2.19. The number of benzene rings is 1. The van der Waals surface area contributed by atoms with Gasteiger partial charge in [-0.25, -0.2) is 4.98 Å². The molecule has 0 aliphatic carbocycles. The van der Waals surface area contributed by atoms with E-state index in [1.54, 1.807) is 12.4 Å². The molecule has 1 heterocycles. The average molecular weight is 243 g/mol. The van der Waals surface area contributed by atoms with Crippen LogP contribution in [0.5, 0.6) is 0 Å². The summed E-state index contributed by atoms with van der Waals surface area (Å²) in [5, 5.41) is 2.93. The number of hydrogen-bond acceptors (Lipinski definition) is 2. The summed E-state index contributed by atoms with van der Waals surface area (Å²) in [4.78, 5) is 19.0. The van der Waals surface area contributed by atoms with Gasteiger partial charge in [0.2, 0.25) is 5.91 Å². The van der Waals surface area contributed by atoms with Crippen LogP contribution in [0.15, 0.2) is 36.7 Å². The van der Waals surface area contributed by atoms with E-state index in [-0.39, 0.29) is 11.9 Å². The van der Waals surface area contributed by atoms with Gasteiger partial charge in [0, 0.05) is 12.4 Å². The largest absolute Gasteiger partial charge is 0.347 e. The van der Waals surface area contributed by atoms with Crippen molar-refractivity contribution in [2.45, 2.75) is 26.3 Å². The lowest BCUT2D eigenvalue weighted by Gasteiger charge is -2.12. The average Bonchev–Trinajstić information content (AvgIpc) is 2.85. The van der Waals surface area contributed by atoms with Crippen LogP contribution in [-0.2, 0) is 11.2 Å². The zero-order chi connectivity index (χ0) is 13.0. The van der Waals surface area contributed by atoms with Crippen molar-refractivity contribution in [3.8, 4) is 0 Å². The van der Waals surface area contributed by atoms with E-state index in [0.29, 0.717) is 6.42 Å². The van der Waals surface area contributed by atoms with Gasteiger partial charge in [-0.15, -0.1) is 0 Å². The number of carbonyl (C=O) groups is 1. The van der Waals surface area contributed by atoms with Gasteiger partial charge in [0.05, 0.1) is 12.5 Å². The van der Waals surface area contributed by atoms with Crippen LogP contribution in [0.2, 0.25) is 0 Å². The maximum absolute atomic E-state index is 11.9. The van der Waals surface area contributed by atoms with Gasteiger partial charge in [0.15, 0.2) is 0 Å². The SMILES string of the molecule is Cc1ccccc1CC(=O)NC(C)c1ncc[nH]1. The first-order valence-corrected chi connectivity index (χ1v) is 6.00. The molecular formula is C14H17N3O. The van der Waals surface area contributed by atoms with Crippen LogP contribution in [0.1, 0.15) is 29.9 Å². The second kappa shape index (κ2) is 5.49. The quantitative estimate of drug-likeness (QED) is 0.864. The number of aromatic amines is 1. The number of nitrogens with zero attached hydrogens (tertiary/aromatic N) is 1. The zero-order valence-corrected chi connectivity index (χ0v) is 10.6. The number of aromatic nitrogens is 2. The van der Waals surface area contributed by atoms with Crippen LogP contribution in [-0.4, -0.2) is 15.9 Å². The van der Waals surface area contributed by atoms with Gasteiger partial charge in [-0.2, -0.15) is 0 Å². The van der Waals surface area contributed by atoms with E-state index in [4.69, 9.17) is 0 Å². The molecule has 0 aliphatic heterocycles. The summed E-state index contributed by atoms with van der Waals surface area (Å²) in [7, 11) is 0. The van der Waals surface area contributed by atoms with E-state index in [1.807, 2.05) is 38.1 Å². The number of H-pyrrole nitrogens is 1. The highest BCUT2D eigenvalue weighted by atomic mass is 16.1. The highest BCUT2D eigenvalue weighted by molar-refractivity contribution is 5.79. The minimum absolute atomic E-state index is 0.00759. The molecule has 0 aliphatic rings. The molecule has 4 nitrogen and oxygen atoms in total. The predicted octanol–water partition coefficient (Wildman–Crippen LogP) is 2.14. The Kier molecular flexibility index (Phi) is 3.77. The van der Waals surface area contributed by atoms with E-state index in [0.717, 1.165) is 17.0 Å². The van der Waals surface area contributed by atoms with E-state index in [9.17, 15) is 4.79 Å². The number of amides is 1. The molecule has 0 bridgehead atoms. The molecule has 4 heteroatoms. The number of carbonyl (C=O) groups excluding carboxylic acids is 1. The lowest BCUT2D eigenvalue weighted by molar-refractivity contribution is -0.121. The van der Waals surface area contributed by atoms with Gasteiger partial charge in [-0.3, -0.25) is 4.79 Å². The Labute approximate surface area is 106 Å². The van der Waals surface area contributed by atoms with E-state index in [1.165, 1.54) is 0 Å². The van der Waals surface area contributed by atoms with Crippen molar-refractivity contribution in [3.63, 3.8) is 0 Å². The van der Waals surface area contributed by atoms with Crippen molar-refractivity contribution in [1.82, 2.24) is 15.3 Å². The first kappa shape index (κ1) is 12.4. The maximum atomic E-state index is 11.9. The van der Waals surface area contributed by atoms with Crippen molar-refractivity contribution in [2.75, 3.05) is 0 Å². The monoisotopic (exact) mass is 243 g/mol. The normalized spacial score (nSPS) is 12.1. The molecule has 0 saturated heterocycles. The summed E-state index contributed by atoms with van der Waals surface area (Å²) in [6.07, 6.45) is 3.83. The zero-order valence-electron chi connectivity index (χ0n) is 10.6. The molecule has 94 valence electrons. The molecule has 1 aromatic heterocycles. The standard InChI is InChI=1S/C14H17N3O/c1-10-5-3-4-6-12(10)9-13(18)17-11(2)14-15-7-8-16-14/h3-8,11H,9H2,1-2H3,(H,15,16)(H,17,18). The third-order valence-electron chi connectivity index (χ3n) is 2.92. The number of aryl methyl sites for hydroxylation is 1. The third kappa shape index (κ3) is 2.97. The summed E-state index contributed by atoms with van der Waals surface area (Å²) in [5.74, 6) is 0.779. The first-order valence-electron chi connectivity index (χ1n) is 6.00. The summed E-state index contributed by atoms with van der Waals surface area (Å²) in [6.45, 7) is 3.92. The second-order valence-corrected chi connectivity index (χ2v) is 4.37. The molecule has 1 atom stereocenters. The molecule has 0 radical (unpaired) electrons. The van der Waals surface area contributed by atoms with Crippen LogP contribution in [0, 0.1) is 6.92 Å². The van der Waals surface area contributed by atoms with Gasteiger partial charge < -0.3 is 10.3 Å². The Balaban J connectivity index is 1.95. The van der Waals surface area contributed by atoms with Gasteiger partial charge >= 0.3 is 0 Å². The van der Waals surface area contributed by atoms with Crippen LogP contribution >= 0.6 is 0 Å². The van der Waals surface area contributed by atoms with Crippen molar-refractivity contribution in [3.05, 3.63) is 53.6 Å².